The average molecular weight is 266 g/mol. The quantitative estimate of drug-likeness (QED) is 0.758. The van der Waals surface area contributed by atoms with Gasteiger partial charge in [0.05, 0.1) is 36.7 Å². The Morgan fingerprint density at radius 1 is 1.42 bits per heavy atom. The molecular weight excluding hydrogens is 248 g/mol. The SMILES string of the molecule is CC(C)(C)c1nnn2c1CO[C@H]1CN(C(=O)O)C[C@@H]12. The van der Waals surface area contributed by atoms with Gasteiger partial charge in [-0.1, -0.05) is 26.0 Å². The van der Waals surface area contributed by atoms with Gasteiger partial charge in [0.2, 0.25) is 0 Å². The van der Waals surface area contributed by atoms with Crippen LogP contribution in [0.4, 0.5) is 4.79 Å². The number of ether oxygens (including phenoxy) is 1. The van der Waals surface area contributed by atoms with Crippen molar-refractivity contribution in [1.29, 1.82) is 0 Å². The predicted octanol–water partition coefficient (Wildman–Crippen LogP) is 1.01. The van der Waals surface area contributed by atoms with Gasteiger partial charge in [0.15, 0.2) is 0 Å². The molecule has 0 saturated carbocycles. The molecular formula is C12H18N4O3. The lowest BCUT2D eigenvalue weighted by Crippen LogP contribution is -2.33. The summed E-state index contributed by atoms with van der Waals surface area (Å²) in [5.41, 5.74) is 1.82. The van der Waals surface area contributed by atoms with Crippen molar-refractivity contribution < 1.29 is 14.6 Å². The molecule has 2 atom stereocenters. The van der Waals surface area contributed by atoms with Crippen LogP contribution in [0.5, 0.6) is 0 Å². The Balaban J connectivity index is 1.94. The highest BCUT2D eigenvalue weighted by molar-refractivity contribution is 5.65. The number of carbonyl (C=O) groups is 1. The second-order valence-electron chi connectivity index (χ2n) is 6.18. The lowest BCUT2D eigenvalue weighted by atomic mass is 9.90. The second-order valence-corrected chi connectivity index (χ2v) is 6.18. The molecule has 3 rings (SSSR count). The number of rotatable bonds is 0. The molecule has 0 radical (unpaired) electrons. The van der Waals surface area contributed by atoms with Crippen LogP contribution in [0.1, 0.15) is 38.2 Å². The zero-order valence-electron chi connectivity index (χ0n) is 11.3. The van der Waals surface area contributed by atoms with Gasteiger partial charge in [-0.25, -0.2) is 9.48 Å². The van der Waals surface area contributed by atoms with Crippen LogP contribution in [-0.2, 0) is 16.8 Å². The third kappa shape index (κ3) is 1.88. The molecule has 0 aliphatic carbocycles. The van der Waals surface area contributed by atoms with Gasteiger partial charge in [-0.3, -0.25) is 0 Å². The van der Waals surface area contributed by atoms with Gasteiger partial charge in [0.25, 0.3) is 0 Å². The van der Waals surface area contributed by atoms with Gasteiger partial charge < -0.3 is 14.7 Å². The maximum absolute atomic E-state index is 11.0. The molecule has 1 amide bonds. The number of hydrogen-bond donors (Lipinski definition) is 1. The number of carboxylic acid groups (broad SMARTS) is 1. The summed E-state index contributed by atoms with van der Waals surface area (Å²) in [6.45, 7) is 7.53. The Morgan fingerprint density at radius 2 is 2.16 bits per heavy atom. The van der Waals surface area contributed by atoms with Gasteiger partial charge in [-0.15, -0.1) is 5.10 Å². The van der Waals surface area contributed by atoms with Crippen molar-refractivity contribution >= 4 is 6.09 Å². The molecule has 19 heavy (non-hydrogen) atoms. The molecule has 104 valence electrons. The normalized spacial score (nSPS) is 26.2. The van der Waals surface area contributed by atoms with E-state index >= 15 is 0 Å². The Bertz CT molecular complexity index is 520. The van der Waals surface area contributed by atoms with Crippen LogP contribution >= 0.6 is 0 Å². The van der Waals surface area contributed by atoms with Gasteiger partial charge in [0.1, 0.15) is 0 Å². The highest BCUT2D eigenvalue weighted by atomic mass is 16.5. The fraction of sp³-hybridized carbons (Fsp3) is 0.750. The third-order valence-corrected chi connectivity index (χ3v) is 3.76. The standard InChI is InChI=1S/C12H18N4O3/c1-12(2,3)10-8-6-19-9-5-15(11(17)18)4-7(9)16(8)14-13-10/h7,9H,4-6H2,1-3H3,(H,17,18)/t7-,9-/m0/s1. The Morgan fingerprint density at radius 3 is 2.79 bits per heavy atom. The van der Waals surface area contributed by atoms with Crippen molar-refractivity contribution in [2.24, 2.45) is 0 Å². The van der Waals surface area contributed by atoms with E-state index in [0.29, 0.717) is 19.7 Å². The van der Waals surface area contributed by atoms with Crippen LogP contribution in [0.2, 0.25) is 0 Å². The minimum Gasteiger partial charge on any atom is -0.465 e. The molecule has 0 aromatic carbocycles. The van der Waals surface area contributed by atoms with Crippen LogP contribution < -0.4 is 0 Å². The minimum absolute atomic E-state index is 0.0524. The number of fused-ring (bicyclic) bond motifs is 3. The fourth-order valence-electron chi connectivity index (χ4n) is 2.79. The van der Waals surface area contributed by atoms with Crippen LogP contribution in [0.25, 0.3) is 0 Å². The van der Waals surface area contributed by atoms with Gasteiger partial charge >= 0.3 is 6.09 Å². The lowest BCUT2D eigenvalue weighted by molar-refractivity contribution is -0.00559. The predicted molar refractivity (Wildman–Crippen MR) is 65.9 cm³/mol. The second kappa shape index (κ2) is 3.93. The Kier molecular flexibility index (Phi) is 2.57. The highest BCUT2D eigenvalue weighted by Crippen LogP contribution is 2.34. The maximum atomic E-state index is 11.0. The van der Waals surface area contributed by atoms with Crippen LogP contribution in [0.15, 0.2) is 0 Å². The van der Waals surface area contributed by atoms with E-state index in [1.165, 1.54) is 4.90 Å². The highest BCUT2D eigenvalue weighted by Gasteiger charge is 2.43. The van der Waals surface area contributed by atoms with Crippen molar-refractivity contribution in [3.05, 3.63) is 11.4 Å². The summed E-state index contributed by atoms with van der Waals surface area (Å²) in [5, 5.41) is 17.6. The molecule has 7 nitrogen and oxygen atoms in total. The molecule has 2 aliphatic heterocycles. The van der Waals surface area contributed by atoms with Gasteiger partial charge in [0, 0.05) is 12.0 Å². The van der Waals surface area contributed by atoms with Crippen molar-refractivity contribution in [3.8, 4) is 0 Å². The lowest BCUT2D eigenvalue weighted by Gasteiger charge is -2.27. The molecule has 0 bridgehead atoms. The van der Waals surface area contributed by atoms with Crippen LogP contribution in [-0.4, -0.2) is 50.3 Å². The number of aromatic nitrogens is 3. The first kappa shape index (κ1) is 12.4. The zero-order chi connectivity index (χ0) is 13.8. The monoisotopic (exact) mass is 266 g/mol. The van der Waals surface area contributed by atoms with E-state index in [4.69, 9.17) is 9.84 Å². The average Bonchev–Trinajstić information content (AvgIpc) is 2.90. The van der Waals surface area contributed by atoms with Crippen molar-refractivity contribution in [2.75, 3.05) is 13.1 Å². The van der Waals surface area contributed by atoms with Crippen molar-refractivity contribution in [3.63, 3.8) is 0 Å². The van der Waals surface area contributed by atoms with Crippen LogP contribution in [0, 0.1) is 0 Å². The molecule has 1 aromatic heterocycles. The first-order valence-electron chi connectivity index (χ1n) is 6.42. The topological polar surface area (TPSA) is 80.5 Å². The van der Waals surface area contributed by atoms with Crippen molar-refractivity contribution in [2.45, 2.75) is 44.9 Å². The first-order valence-corrected chi connectivity index (χ1v) is 6.42. The summed E-state index contributed by atoms with van der Waals surface area (Å²) in [6.07, 6.45) is -1.02. The van der Waals surface area contributed by atoms with E-state index in [-0.39, 0.29) is 17.6 Å². The van der Waals surface area contributed by atoms with E-state index in [0.717, 1.165) is 11.4 Å². The summed E-state index contributed by atoms with van der Waals surface area (Å²) < 4.78 is 7.66. The largest absolute Gasteiger partial charge is 0.465 e. The summed E-state index contributed by atoms with van der Waals surface area (Å²) in [5.74, 6) is 0. The van der Waals surface area contributed by atoms with E-state index in [2.05, 4.69) is 31.1 Å². The molecule has 1 aromatic rings. The molecule has 1 N–H and O–H groups in total. The van der Waals surface area contributed by atoms with Gasteiger partial charge in [-0.2, -0.15) is 0 Å². The molecule has 2 aliphatic rings. The maximum Gasteiger partial charge on any atom is 0.407 e. The third-order valence-electron chi connectivity index (χ3n) is 3.76. The molecule has 1 fully saturated rings. The molecule has 3 heterocycles. The van der Waals surface area contributed by atoms with E-state index < -0.39 is 6.09 Å². The summed E-state index contributed by atoms with van der Waals surface area (Å²) in [4.78, 5) is 12.4. The molecule has 0 unspecified atom stereocenters. The molecule has 0 spiro atoms. The van der Waals surface area contributed by atoms with E-state index in [1.54, 1.807) is 0 Å². The Labute approximate surface area is 111 Å². The first-order chi connectivity index (χ1) is 8.88. The Hall–Kier alpha value is -1.63. The summed E-state index contributed by atoms with van der Waals surface area (Å²) in [6, 6.07) is -0.0524. The number of likely N-dealkylation sites (tertiary alicyclic amines) is 1. The van der Waals surface area contributed by atoms with Crippen molar-refractivity contribution in [1.82, 2.24) is 19.9 Å². The number of hydrogen-bond acceptors (Lipinski definition) is 4. The summed E-state index contributed by atoms with van der Waals surface area (Å²) in [7, 11) is 0. The number of nitrogens with zero attached hydrogens (tertiary/aromatic N) is 4. The number of amides is 1. The summed E-state index contributed by atoms with van der Waals surface area (Å²) >= 11 is 0. The fourth-order valence-corrected chi connectivity index (χ4v) is 2.79. The van der Waals surface area contributed by atoms with Gasteiger partial charge in [-0.05, 0) is 0 Å². The minimum atomic E-state index is -0.907. The van der Waals surface area contributed by atoms with E-state index in [1.807, 2.05) is 4.68 Å². The zero-order valence-corrected chi connectivity index (χ0v) is 11.3. The molecule has 7 heteroatoms. The molecule has 1 saturated heterocycles. The smallest absolute Gasteiger partial charge is 0.407 e. The van der Waals surface area contributed by atoms with Crippen LogP contribution in [0.3, 0.4) is 0 Å². The van der Waals surface area contributed by atoms with E-state index in [9.17, 15) is 4.79 Å².